The van der Waals surface area contributed by atoms with Gasteiger partial charge >= 0.3 is 5.97 Å². The third-order valence-electron chi connectivity index (χ3n) is 3.31. The van der Waals surface area contributed by atoms with Crippen LogP contribution in [0.15, 0.2) is 30.3 Å². The first-order valence-corrected chi connectivity index (χ1v) is 7.76. The molecule has 0 aliphatic rings. The molecule has 22 heavy (non-hydrogen) atoms. The lowest BCUT2D eigenvalue weighted by atomic mass is 10.0. The number of benzene rings is 1. The molecule has 5 nitrogen and oxygen atoms in total. The smallest absolute Gasteiger partial charge is 0.326 e. The summed E-state index contributed by atoms with van der Waals surface area (Å²) in [5.74, 6) is -1.43. The Morgan fingerprint density at radius 1 is 1.36 bits per heavy atom. The SMILES string of the molecule is Cc1nc(Cl)sc1C(=O)N(C)C(Cc1ccccc1)C(=O)O. The number of carboxylic acid groups (broad SMARTS) is 1. The molecule has 1 unspecified atom stereocenters. The fraction of sp³-hybridized carbons (Fsp3) is 0.267. The number of hydrogen-bond acceptors (Lipinski definition) is 4. The van der Waals surface area contributed by atoms with Crippen molar-refractivity contribution in [2.75, 3.05) is 7.05 Å². The molecule has 0 saturated carbocycles. The fourth-order valence-corrected chi connectivity index (χ4v) is 3.22. The Morgan fingerprint density at radius 3 is 2.50 bits per heavy atom. The molecule has 1 amide bonds. The van der Waals surface area contributed by atoms with Crippen LogP contribution in [-0.4, -0.2) is 40.0 Å². The Hall–Kier alpha value is -1.92. The second kappa shape index (κ2) is 6.89. The molecule has 1 aromatic heterocycles. The first-order valence-electron chi connectivity index (χ1n) is 6.57. The zero-order valence-electron chi connectivity index (χ0n) is 12.1. The van der Waals surface area contributed by atoms with Gasteiger partial charge in [0.25, 0.3) is 5.91 Å². The molecule has 0 radical (unpaired) electrons. The Balaban J connectivity index is 2.23. The van der Waals surface area contributed by atoms with Crippen LogP contribution >= 0.6 is 22.9 Å². The Kier molecular flexibility index (Phi) is 5.15. The molecule has 7 heteroatoms. The number of aryl methyl sites for hydroxylation is 1. The number of amides is 1. The van der Waals surface area contributed by atoms with Gasteiger partial charge in [-0.1, -0.05) is 53.3 Å². The van der Waals surface area contributed by atoms with E-state index in [1.807, 2.05) is 30.3 Å². The number of rotatable bonds is 5. The van der Waals surface area contributed by atoms with Crippen LogP contribution in [0.25, 0.3) is 0 Å². The molecule has 0 bridgehead atoms. The van der Waals surface area contributed by atoms with Gasteiger partial charge in [-0.25, -0.2) is 9.78 Å². The Labute approximate surface area is 137 Å². The molecule has 1 N–H and O–H groups in total. The average Bonchev–Trinajstić information content (AvgIpc) is 2.82. The van der Waals surface area contributed by atoms with Crippen LogP contribution in [0.4, 0.5) is 0 Å². The summed E-state index contributed by atoms with van der Waals surface area (Å²) < 4.78 is 0.268. The number of aromatic nitrogens is 1. The predicted molar refractivity (Wildman–Crippen MR) is 85.5 cm³/mol. The highest BCUT2D eigenvalue weighted by Crippen LogP contribution is 2.24. The van der Waals surface area contributed by atoms with Gasteiger partial charge in [-0.2, -0.15) is 0 Å². The number of carbonyl (C=O) groups excluding carboxylic acids is 1. The molecule has 0 fully saturated rings. The van der Waals surface area contributed by atoms with E-state index in [1.54, 1.807) is 6.92 Å². The van der Waals surface area contributed by atoms with Gasteiger partial charge in [0.1, 0.15) is 10.9 Å². The summed E-state index contributed by atoms with van der Waals surface area (Å²) in [7, 11) is 1.48. The van der Waals surface area contributed by atoms with Gasteiger partial charge in [-0.3, -0.25) is 4.79 Å². The highest BCUT2D eigenvalue weighted by atomic mass is 35.5. The molecule has 1 heterocycles. The largest absolute Gasteiger partial charge is 0.480 e. The average molecular weight is 339 g/mol. The highest BCUT2D eigenvalue weighted by Gasteiger charge is 2.29. The predicted octanol–water partition coefficient (Wildman–Crippen LogP) is 2.87. The van der Waals surface area contributed by atoms with E-state index in [0.717, 1.165) is 16.9 Å². The topological polar surface area (TPSA) is 70.5 Å². The summed E-state index contributed by atoms with van der Waals surface area (Å²) in [6.45, 7) is 1.68. The van der Waals surface area contributed by atoms with Crippen LogP contribution < -0.4 is 0 Å². The van der Waals surface area contributed by atoms with Gasteiger partial charge in [-0.15, -0.1) is 0 Å². The number of aliphatic carboxylic acids is 1. The number of carbonyl (C=O) groups is 2. The van der Waals surface area contributed by atoms with E-state index in [2.05, 4.69) is 4.98 Å². The Morgan fingerprint density at radius 2 is 2.00 bits per heavy atom. The van der Waals surface area contributed by atoms with Gasteiger partial charge in [0.2, 0.25) is 0 Å². The van der Waals surface area contributed by atoms with E-state index in [0.29, 0.717) is 10.6 Å². The third-order valence-corrected chi connectivity index (χ3v) is 4.56. The minimum Gasteiger partial charge on any atom is -0.480 e. The van der Waals surface area contributed by atoms with Gasteiger partial charge in [0, 0.05) is 13.5 Å². The lowest BCUT2D eigenvalue weighted by molar-refractivity contribution is -0.141. The molecule has 0 aliphatic heterocycles. The van der Waals surface area contributed by atoms with Gasteiger partial charge in [0.05, 0.1) is 5.69 Å². The van der Waals surface area contributed by atoms with Crippen LogP contribution in [0.5, 0.6) is 0 Å². The molecule has 2 aromatic rings. The van der Waals surface area contributed by atoms with Gasteiger partial charge in [0.15, 0.2) is 4.47 Å². The van der Waals surface area contributed by atoms with Crippen molar-refractivity contribution < 1.29 is 14.7 Å². The van der Waals surface area contributed by atoms with E-state index in [1.165, 1.54) is 11.9 Å². The molecule has 1 atom stereocenters. The van der Waals surface area contributed by atoms with Crippen molar-refractivity contribution in [1.29, 1.82) is 0 Å². The van der Waals surface area contributed by atoms with E-state index < -0.39 is 12.0 Å². The quantitative estimate of drug-likeness (QED) is 0.910. The third kappa shape index (κ3) is 3.64. The molecule has 1 aromatic carbocycles. The van der Waals surface area contributed by atoms with Crippen LogP contribution in [0.3, 0.4) is 0 Å². The van der Waals surface area contributed by atoms with Crippen molar-refractivity contribution >= 4 is 34.8 Å². The maximum Gasteiger partial charge on any atom is 0.326 e. The van der Waals surface area contributed by atoms with Crippen molar-refractivity contribution in [1.82, 2.24) is 9.88 Å². The highest BCUT2D eigenvalue weighted by molar-refractivity contribution is 7.17. The summed E-state index contributed by atoms with van der Waals surface area (Å²) in [4.78, 5) is 29.6. The molecule has 116 valence electrons. The lowest BCUT2D eigenvalue weighted by Crippen LogP contribution is -2.43. The van der Waals surface area contributed by atoms with E-state index >= 15 is 0 Å². The van der Waals surface area contributed by atoms with Crippen LogP contribution in [0.1, 0.15) is 20.9 Å². The number of hydrogen-bond donors (Lipinski definition) is 1. The van der Waals surface area contributed by atoms with Crippen molar-refractivity contribution in [3.63, 3.8) is 0 Å². The van der Waals surface area contributed by atoms with Crippen molar-refractivity contribution in [2.45, 2.75) is 19.4 Å². The Bertz CT molecular complexity index is 687. The standard InChI is InChI=1S/C15H15ClN2O3S/c1-9-12(22-15(16)17-9)13(19)18(2)11(14(20)21)8-10-6-4-3-5-7-10/h3-7,11H,8H2,1-2H3,(H,20,21). The van der Waals surface area contributed by atoms with Crippen molar-refractivity contribution in [3.05, 3.63) is 50.9 Å². The van der Waals surface area contributed by atoms with Crippen LogP contribution in [-0.2, 0) is 11.2 Å². The molecule has 0 spiro atoms. The first-order chi connectivity index (χ1) is 10.4. The minimum atomic E-state index is -1.05. The minimum absolute atomic E-state index is 0.240. The maximum absolute atomic E-state index is 12.5. The fourth-order valence-electron chi connectivity index (χ4n) is 2.09. The van der Waals surface area contributed by atoms with Crippen molar-refractivity contribution in [3.8, 4) is 0 Å². The number of halogens is 1. The summed E-state index contributed by atoms with van der Waals surface area (Å²) >= 11 is 6.86. The second-order valence-corrected chi connectivity index (χ2v) is 6.42. The monoisotopic (exact) mass is 338 g/mol. The van der Waals surface area contributed by atoms with Crippen LogP contribution in [0, 0.1) is 6.92 Å². The van der Waals surface area contributed by atoms with E-state index in [-0.39, 0.29) is 16.8 Å². The zero-order chi connectivity index (χ0) is 16.3. The molecule has 0 aliphatic carbocycles. The summed E-state index contributed by atoms with van der Waals surface area (Å²) in [6.07, 6.45) is 0.240. The summed E-state index contributed by atoms with van der Waals surface area (Å²) in [5.41, 5.74) is 1.37. The summed E-state index contributed by atoms with van der Waals surface area (Å²) in [5, 5.41) is 9.44. The first kappa shape index (κ1) is 16.5. The van der Waals surface area contributed by atoms with E-state index in [9.17, 15) is 14.7 Å². The molecule has 2 rings (SSSR count). The zero-order valence-corrected chi connectivity index (χ0v) is 13.7. The normalized spacial score (nSPS) is 12.0. The van der Waals surface area contributed by atoms with Crippen molar-refractivity contribution in [2.24, 2.45) is 0 Å². The number of carboxylic acids is 1. The van der Waals surface area contributed by atoms with Gasteiger partial charge in [-0.05, 0) is 12.5 Å². The number of likely N-dealkylation sites (N-methyl/N-ethyl adjacent to an activating group) is 1. The maximum atomic E-state index is 12.5. The van der Waals surface area contributed by atoms with Gasteiger partial charge < -0.3 is 10.0 Å². The van der Waals surface area contributed by atoms with Crippen LogP contribution in [0.2, 0.25) is 4.47 Å². The van der Waals surface area contributed by atoms with E-state index in [4.69, 9.17) is 11.6 Å². The molecular formula is C15H15ClN2O3S. The molecule has 0 saturated heterocycles. The molecular weight excluding hydrogens is 324 g/mol. The number of nitrogens with zero attached hydrogens (tertiary/aromatic N) is 2. The lowest BCUT2D eigenvalue weighted by Gasteiger charge is -2.24. The number of thiazole rings is 1. The second-order valence-electron chi connectivity index (χ2n) is 4.84. The summed E-state index contributed by atoms with van der Waals surface area (Å²) in [6, 6.07) is 8.25.